The number of rotatable bonds is 6. The average molecular weight is 253 g/mol. The van der Waals surface area contributed by atoms with Crippen LogP contribution in [0.5, 0.6) is 5.75 Å². The molecular formula is C14H23NO3. The first kappa shape index (κ1) is 15.0. The fourth-order valence-electron chi connectivity index (χ4n) is 1.32. The van der Waals surface area contributed by atoms with E-state index in [0.717, 1.165) is 6.54 Å². The molecule has 0 saturated carbocycles. The Morgan fingerprint density at radius 2 is 1.83 bits per heavy atom. The van der Waals surface area contributed by atoms with Gasteiger partial charge in [-0.1, -0.05) is 12.1 Å². The van der Waals surface area contributed by atoms with Gasteiger partial charge in [0.2, 0.25) is 0 Å². The Balaban J connectivity index is 2.42. The fraction of sp³-hybridized carbons (Fsp3) is 0.571. The van der Waals surface area contributed by atoms with Crippen LogP contribution in [0.2, 0.25) is 0 Å². The summed E-state index contributed by atoms with van der Waals surface area (Å²) in [4.78, 5) is 0. The molecule has 4 heteroatoms. The molecule has 0 spiro atoms. The maximum atomic E-state index is 9.16. The molecule has 0 aliphatic carbocycles. The van der Waals surface area contributed by atoms with Crippen molar-refractivity contribution in [3.8, 4) is 5.75 Å². The van der Waals surface area contributed by atoms with Crippen LogP contribution in [-0.4, -0.2) is 35.1 Å². The van der Waals surface area contributed by atoms with Crippen LogP contribution in [0.15, 0.2) is 24.3 Å². The summed E-state index contributed by atoms with van der Waals surface area (Å²) in [6.45, 7) is 7.01. The lowest BCUT2D eigenvalue weighted by Gasteiger charge is -2.20. The van der Waals surface area contributed by atoms with Crippen molar-refractivity contribution in [2.75, 3.05) is 13.2 Å². The molecule has 0 aliphatic rings. The Hall–Kier alpha value is -1.10. The zero-order chi connectivity index (χ0) is 13.6. The molecule has 102 valence electrons. The number of hydrogen-bond donors (Lipinski definition) is 3. The van der Waals surface area contributed by atoms with Gasteiger partial charge in [0.1, 0.15) is 18.5 Å². The van der Waals surface area contributed by atoms with Crippen LogP contribution in [0, 0.1) is 0 Å². The number of ether oxygens (including phenoxy) is 1. The van der Waals surface area contributed by atoms with Crippen molar-refractivity contribution < 1.29 is 14.9 Å². The highest BCUT2D eigenvalue weighted by Crippen LogP contribution is 2.13. The molecule has 0 aliphatic heterocycles. The largest absolute Gasteiger partial charge is 0.491 e. The molecule has 3 N–H and O–H groups in total. The van der Waals surface area contributed by atoms with E-state index in [9.17, 15) is 0 Å². The second-order valence-corrected chi connectivity index (χ2v) is 5.39. The predicted octanol–water partition coefficient (Wildman–Crippen LogP) is 1.31. The normalized spacial score (nSPS) is 13.4. The summed E-state index contributed by atoms with van der Waals surface area (Å²) in [6, 6.07) is 7.70. The maximum Gasteiger partial charge on any atom is 0.119 e. The standard InChI is InChI=1S/C14H23NO3/c1-14(2,3)15-8-11-4-6-13(7-5-11)18-10-12(17)9-16/h4-7,12,15-17H,8-10H2,1-3H3. The molecule has 1 aromatic rings. The zero-order valence-electron chi connectivity index (χ0n) is 11.3. The topological polar surface area (TPSA) is 61.7 Å². The molecular weight excluding hydrogens is 230 g/mol. The van der Waals surface area contributed by atoms with Gasteiger partial charge in [0.25, 0.3) is 0 Å². The monoisotopic (exact) mass is 253 g/mol. The first-order chi connectivity index (χ1) is 8.40. The van der Waals surface area contributed by atoms with E-state index in [1.54, 1.807) is 0 Å². The van der Waals surface area contributed by atoms with E-state index in [4.69, 9.17) is 14.9 Å². The third-order valence-corrected chi connectivity index (χ3v) is 2.40. The van der Waals surface area contributed by atoms with E-state index < -0.39 is 6.10 Å². The van der Waals surface area contributed by atoms with Gasteiger partial charge in [0.05, 0.1) is 6.61 Å². The predicted molar refractivity (Wildman–Crippen MR) is 71.6 cm³/mol. The first-order valence-electron chi connectivity index (χ1n) is 6.16. The van der Waals surface area contributed by atoms with Crippen LogP contribution < -0.4 is 10.1 Å². The highest BCUT2D eigenvalue weighted by Gasteiger charge is 2.08. The molecule has 18 heavy (non-hydrogen) atoms. The van der Waals surface area contributed by atoms with Crippen molar-refractivity contribution in [3.05, 3.63) is 29.8 Å². The van der Waals surface area contributed by atoms with E-state index in [1.165, 1.54) is 5.56 Å². The minimum Gasteiger partial charge on any atom is -0.491 e. The summed E-state index contributed by atoms with van der Waals surface area (Å²) in [7, 11) is 0. The highest BCUT2D eigenvalue weighted by atomic mass is 16.5. The van der Waals surface area contributed by atoms with Gasteiger partial charge >= 0.3 is 0 Å². The second kappa shape index (κ2) is 6.73. The van der Waals surface area contributed by atoms with Gasteiger partial charge < -0.3 is 20.3 Å². The van der Waals surface area contributed by atoms with Crippen LogP contribution in [0.4, 0.5) is 0 Å². The maximum absolute atomic E-state index is 9.16. The van der Waals surface area contributed by atoms with E-state index in [1.807, 2.05) is 24.3 Å². The Labute approximate surface area is 109 Å². The third-order valence-electron chi connectivity index (χ3n) is 2.40. The number of aliphatic hydroxyl groups excluding tert-OH is 2. The Morgan fingerprint density at radius 3 is 2.33 bits per heavy atom. The highest BCUT2D eigenvalue weighted by molar-refractivity contribution is 5.27. The molecule has 0 radical (unpaired) electrons. The van der Waals surface area contributed by atoms with Crippen molar-refractivity contribution >= 4 is 0 Å². The van der Waals surface area contributed by atoms with Gasteiger partial charge in [-0.05, 0) is 38.5 Å². The molecule has 0 saturated heterocycles. The molecule has 0 amide bonds. The van der Waals surface area contributed by atoms with Crippen LogP contribution in [0.3, 0.4) is 0 Å². The van der Waals surface area contributed by atoms with E-state index >= 15 is 0 Å². The smallest absolute Gasteiger partial charge is 0.119 e. The Kier molecular flexibility index (Phi) is 5.59. The molecule has 1 atom stereocenters. The summed E-state index contributed by atoms with van der Waals surface area (Å²) in [5.41, 5.74) is 1.28. The summed E-state index contributed by atoms with van der Waals surface area (Å²) >= 11 is 0. The lowest BCUT2D eigenvalue weighted by atomic mass is 10.1. The lowest BCUT2D eigenvalue weighted by Crippen LogP contribution is -2.35. The van der Waals surface area contributed by atoms with E-state index in [2.05, 4.69) is 26.1 Å². The summed E-state index contributed by atoms with van der Waals surface area (Å²) in [6.07, 6.45) is -0.827. The van der Waals surface area contributed by atoms with Crippen LogP contribution >= 0.6 is 0 Å². The third kappa shape index (κ3) is 6.00. The minimum atomic E-state index is -0.827. The van der Waals surface area contributed by atoms with Gasteiger partial charge in [-0.2, -0.15) is 0 Å². The van der Waals surface area contributed by atoms with E-state index in [0.29, 0.717) is 5.75 Å². The van der Waals surface area contributed by atoms with Gasteiger partial charge in [0.15, 0.2) is 0 Å². The molecule has 1 aromatic carbocycles. The SMILES string of the molecule is CC(C)(C)NCc1ccc(OCC(O)CO)cc1. The molecule has 0 bridgehead atoms. The van der Waals surface area contributed by atoms with Crippen LogP contribution in [0.25, 0.3) is 0 Å². The molecule has 1 unspecified atom stereocenters. The Morgan fingerprint density at radius 1 is 1.22 bits per heavy atom. The number of nitrogens with one attached hydrogen (secondary N) is 1. The molecule has 0 heterocycles. The van der Waals surface area contributed by atoms with Crippen molar-refractivity contribution in [1.82, 2.24) is 5.32 Å². The number of benzene rings is 1. The quantitative estimate of drug-likeness (QED) is 0.715. The van der Waals surface area contributed by atoms with Crippen molar-refractivity contribution in [3.63, 3.8) is 0 Å². The van der Waals surface area contributed by atoms with Crippen molar-refractivity contribution in [1.29, 1.82) is 0 Å². The Bertz CT molecular complexity index is 343. The van der Waals surface area contributed by atoms with Crippen LogP contribution in [0.1, 0.15) is 26.3 Å². The molecule has 0 fully saturated rings. The van der Waals surface area contributed by atoms with Crippen LogP contribution in [-0.2, 0) is 6.54 Å². The first-order valence-corrected chi connectivity index (χ1v) is 6.16. The van der Waals surface area contributed by atoms with Crippen molar-refractivity contribution in [2.45, 2.75) is 39.0 Å². The summed E-state index contributed by atoms with van der Waals surface area (Å²) in [5.74, 6) is 0.696. The molecule has 1 rings (SSSR count). The second-order valence-electron chi connectivity index (χ2n) is 5.39. The average Bonchev–Trinajstić information content (AvgIpc) is 2.33. The number of aliphatic hydroxyl groups is 2. The fourth-order valence-corrected chi connectivity index (χ4v) is 1.32. The van der Waals surface area contributed by atoms with Gasteiger partial charge in [-0.25, -0.2) is 0 Å². The molecule has 4 nitrogen and oxygen atoms in total. The van der Waals surface area contributed by atoms with Gasteiger partial charge in [-0.15, -0.1) is 0 Å². The van der Waals surface area contributed by atoms with Crippen molar-refractivity contribution in [2.24, 2.45) is 0 Å². The lowest BCUT2D eigenvalue weighted by molar-refractivity contribution is 0.0536. The zero-order valence-corrected chi connectivity index (χ0v) is 11.3. The number of hydrogen-bond acceptors (Lipinski definition) is 4. The van der Waals surface area contributed by atoms with E-state index in [-0.39, 0.29) is 18.8 Å². The molecule has 0 aromatic heterocycles. The van der Waals surface area contributed by atoms with Gasteiger partial charge in [-0.3, -0.25) is 0 Å². The summed E-state index contributed by atoms with van der Waals surface area (Å²) in [5, 5.41) is 21.2. The van der Waals surface area contributed by atoms with Gasteiger partial charge in [0, 0.05) is 12.1 Å². The summed E-state index contributed by atoms with van der Waals surface area (Å²) < 4.78 is 5.33. The minimum absolute atomic E-state index is 0.0976.